The molecule has 90 valence electrons. The van der Waals surface area contributed by atoms with Crippen LogP contribution in [0.3, 0.4) is 0 Å². The molecular formula is C14H17B2NO. The van der Waals surface area contributed by atoms with Crippen molar-refractivity contribution in [3.8, 4) is 12.3 Å². The Morgan fingerprint density at radius 3 is 2.67 bits per heavy atom. The molecule has 0 bridgehead atoms. The Labute approximate surface area is 112 Å². The number of likely N-dealkylation sites (N-methyl/N-ethyl adjacent to an activating group) is 1. The summed E-state index contributed by atoms with van der Waals surface area (Å²) in [6, 6.07) is 0. The molecule has 1 aliphatic rings. The number of Topliss-reactive ketones (excluding diaryl/α,β-unsaturated/α-hetero) is 1. The SMILES string of the molecule is [B]C1([B])CCC[C@@](NC)(C(/C=C\C)=C/C#C)C1=O. The highest BCUT2D eigenvalue weighted by atomic mass is 16.1. The van der Waals surface area contributed by atoms with E-state index in [1.165, 1.54) is 0 Å². The van der Waals surface area contributed by atoms with Crippen LogP contribution < -0.4 is 5.32 Å². The third-order valence-corrected chi connectivity index (χ3v) is 3.46. The summed E-state index contributed by atoms with van der Waals surface area (Å²) in [5, 5.41) is 1.77. The minimum Gasteiger partial charge on any atom is -0.304 e. The molecule has 0 spiro atoms. The number of ketones is 1. The van der Waals surface area contributed by atoms with Crippen LogP contribution in [0, 0.1) is 12.3 Å². The number of nitrogens with one attached hydrogen (secondary N) is 1. The molecule has 0 amide bonds. The molecule has 1 fully saturated rings. The Hall–Kier alpha value is -1.20. The van der Waals surface area contributed by atoms with Crippen molar-refractivity contribution in [1.29, 1.82) is 0 Å². The van der Waals surface area contributed by atoms with Crippen LogP contribution in [-0.4, -0.2) is 34.1 Å². The molecular weight excluding hydrogens is 220 g/mol. The summed E-state index contributed by atoms with van der Waals surface area (Å²) in [4.78, 5) is 12.5. The molecule has 1 rings (SSSR count). The van der Waals surface area contributed by atoms with E-state index in [2.05, 4.69) is 11.2 Å². The van der Waals surface area contributed by atoms with Gasteiger partial charge in [0.05, 0.1) is 15.7 Å². The van der Waals surface area contributed by atoms with Crippen molar-refractivity contribution in [2.45, 2.75) is 36.9 Å². The van der Waals surface area contributed by atoms with E-state index in [4.69, 9.17) is 22.1 Å². The van der Waals surface area contributed by atoms with Gasteiger partial charge in [0.1, 0.15) is 11.3 Å². The van der Waals surface area contributed by atoms with Gasteiger partial charge in [0.25, 0.3) is 0 Å². The maximum atomic E-state index is 12.5. The topological polar surface area (TPSA) is 29.1 Å². The molecule has 0 aromatic rings. The van der Waals surface area contributed by atoms with Gasteiger partial charge in [-0.1, -0.05) is 30.9 Å². The number of allylic oxidation sites excluding steroid dienone is 2. The van der Waals surface area contributed by atoms with Crippen LogP contribution >= 0.6 is 0 Å². The van der Waals surface area contributed by atoms with E-state index in [1.807, 2.05) is 19.1 Å². The Bertz CT molecular complexity index is 432. The standard InChI is InChI=1S/C14H17B2NO/c1-4-7-11(8-5-2)13(17-3)9-6-10-14(15,16)12(13)18/h1,5,7-8,17H,6,9-10H2,2-3H3/b8-5-,11-7+/t13-/m1/s1. The molecule has 4 radical (unpaired) electrons. The van der Waals surface area contributed by atoms with Crippen molar-refractivity contribution in [2.75, 3.05) is 7.05 Å². The summed E-state index contributed by atoms with van der Waals surface area (Å²) in [5.74, 6) is 2.26. The van der Waals surface area contributed by atoms with Gasteiger partial charge < -0.3 is 5.32 Å². The number of terminal acetylenes is 1. The summed E-state index contributed by atoms with van der Waals surface area (Å²) in [5.41, 5.74) is -0.138. The summed E-state index contributed by atoms with van der Waals surface area (Å²) < 4.78 is 0. The van der Waals surface area contributed by atoms with Crippen molar-refractivity contribution >= 4 is 21.5 Å². The molecule has 2 nitrogen and oxygen atoms in total. The second-order valence-corrected chi connectivity index (χ2v) is 4.64. The quantitative estimate of drug-likeness (QED) is 0.455. The summed E-state index contributed by atoms with van der Waals surface area (Å²) in [6.45, 7) is 1.87. The Kier molecular flexibility index (Phi) is 4.65. The summed E-state index contributed by atoms with van der Waals surface area (Å²) in [6.07, 6.45) is 12.5. The zero-order chi connectivity index (χ0) is 13.8. The van der Waals surface area contributed by atoms with E-state index < -0.39 is 10.8 Å². The predicted molar refractivity (Wildman–Crippen MR) is 76.6 cm³/mol. The minimum atomic E-state index is -1.30. The van der Waals surface area contributed by atoms with E-state index in [1.54, 1.807) is 13.1 Å². The van der Waals surface area contributed by atoms with E-state index in [9.17, 15) is 4.79 Å². The van der Waals surface area contributed by atoms with Crippen molar-refractivity contribution in [3.05, 3.63) is 23.8 Å². The van der Waals surface area contributed by atoms with Crippen molar-refractivity contribution in [1.82, 2.24) is 5.32 Å². The maximum absolute atomic E-state index is 12.5. The molecule has 0 aromatic heterocycles. The number of hydrogen-bond acceptors (Lipinski definition) is 2. The van der Waals surface area contributed by atoms with Crippen molar-refractivity contribution in [3.63, 3.8) is 0 Å². The largest absolute Gasteiger partial charge is 0.304 e. The van der Waals surface area contributed by atoms with Crippen LogP contribution in [0.15, 0.2) is 23.8 Å². The van der Waals surface area contributed by atoms with Crippen molar-refractivity contribution in [2.24, 2.45) is 0 Å². The second kappa shape index (κ2) is 5.63. The number of hydrogen-bond donors (Lipinski definition) is 1. The molecule has 1 aliphatic carbocycles. The molecule has 1 saturated carbocycles. The minimum absolute atomic E-state index is 0.205. The Morgan fingerprint density at radius 1 is 1.50 bits per heavy atom. The van der Waals surface area contributed by atoms with Gasteiger partial charge >= 0.3 is 0 Å². The van der Waals surface area contributed by atoms with Crippen LogP contribution in [0.4, 0.5) is 0 Å². The van der Waals surface area contributed by atoms with E-state index in [0.29, 0.717) is 12.8 Å². The fourth-order valence-electron chi connectivity index (χ4n) is 2.51. The van der Waals surface area contributed by atoms with Gasteiger partial charge in [-0.05, 0) is 37.3 Å². The molecule has 0 aromatic carbocycles. The number of carbonyl (C=O) groups is 1. The van der Waals surface area contributed by atoms with E-state index in [-0.39, 0.29) is 5.78 Å². The normalized spacial score (nSPS) is 28.3. The lowest BCUT2D eigenvalue weighted by atomic mass is 9.44. The number of carbonyl (C=O) groups excluding carboxylic acids is 1. The molecule has 0 heterocycles. The molecule has 0 unspecified atom stereocenters. The van der Waals surface area contributed by atoms with Crippen LogP contribution in [0.2, 0.25) is 5.21 Å². The third kappa shape index (κ3) is 2.47. The van der Waals surface area contributed by atoms with Gasteiger partial charge in [-0.2, -0.15) is 0 Å². The lowest BCUT2D eigenvalue weighted by Crippen LogP contribution is -2.58. The average molecular weight is 237 g/mol. The zero-order valence-corrected chi connectivity index (χ0v) is 11.0. The lowest BCUT2D eigenvalue weighted by Gasteiger charge is -2.44. The lowest BCUT2D eigenvalue weighted by molar-refractivity contribution is -0.126. The highest BCUT2D eigenvalue weighted by Crippen LogP contribution is 2.42. The molecule has 0 saturated heterocycles. The maximum Gasteiger partial charge on any atom is 0.146 e. The third-order valence-electron chi connectivity index (χ3n) is 3.46. The Balaban J connectivity index is 3.31. The molecule has 0 aliphatic heterocycles. The predicted octanol–water partition coefficient (Wildman–Crippen LogP) is 1.29. The highest BCUT2D eigenvalue weighted by molar-refractivity contribution is 6.52. The van der Waals surface area contributed by atoms with Gasteiger partial charge in [0, 0.05) is 0 Å². The smallest absolute Gasteiger partial charge is 0.146 e. The zero-order valence-electron chi connectivity index (χ0n) is 11.0. The molecule has 18 heavy (non-hydrogen) atoms. The summed E-state index contributed by atoms with van der Waals surface area (Å²) in [7, 11) is 13.5. The highest BCUT2D eigenvalue weighted by Gasteiger charge is 2.48. The van der Waals surface area contributed by atoms with Crippen LogP contribution in [0.25, 0.3) is 0 Å². The first-order valence-corrected chi connectivity index (χ1v) is 6.05. The first kappa shape index (κ1) is 14.9. The molecule has 4 heteroatoms. The molecule has 1 N–H and O–H groups in total. The first-order chi connectivity index (χ1) is 8.44. The van der Waals surface area contributed by atoms with Crippen LogP contribution in [-0.2, 0) is 4.79 Å². The second-order valence-electron chi connectivity index (χ2n) is 4.64. The van der Waals surface area contributed by atoms with E-state index >= 15 is 0 Å². The van der Waals surface area contributed by atoms with Gasteiger partial charge in [0.2, 0.25) is 0 Å². The van der Waals surface area contributed by atoms with E-state index in [0.717, 1.165) is 12.0 Å². The first-order valence-electron chi connectivity index (χ1n) is 6.05. The average Bonchev–Trinajstić information content (AvgIpc) is 2.33. The van der Waals surface area contributed by atoms with Gasteiger partial charge in [0.15, 0.2) is 0 Å². The monoisotopic (exact) mass is 237 g/mol. The summed E-state index contributed by atoms with van der Waals surface area (Å²) >= 11 is 0. The van der Waals surface area contributed by atoms with Gasteiger partial charge in [-0.15, -0.1) is 6.42 Å². The van der Waals surface area contributed by atoms with Crippen molar-refractivity contribution < 1.29 is 4.79 Å². The Morgan fingerprint density at radius 2 is 2.17 bits per heavy atom. The fraction of sp³-hybridized carbons (Fsp3) is 0.500. The van der Waals surface area contributed by atoms with Gasteiger partial charge in [-0.25, -0.2) is 0 Å². The fourth-order valence-corrected chi connectivity index (χ4v) is 2.51. The number of rotatable bonds is 3. The molecule has 1 atom stereocenters. The van der Waals surface area contributed by atoms with Crippen LogP contribution in [0.5, 0.6) is 0 Å². The van der Waals surface area contributed by atoms with Gasteiger partial charge in [-0.3, -0.25) is 4.79 Å². The van der Waals surface area contributed by atoms with Crippen LogP contribution in [0.1, 0.15) is 26.2 Å².